The third kappa shape index (κ3) is 2.34. The van der Waals surface area contributed by atoms with Crippen LogP contribution in [-0.4, -0.2) is 35.6 Å². The second-order valence-corrected chi connectivity index (χ2v) is 4.08. The van der Waals surface area contributed by atoms with Crippen molar-refractivity contribution in [2.45, 2.75) is 13.0 Å². The van der Waals surface area contributed by atoms with Crippen molar-refractivity contribution in [1.29, 1.82) is 0 Å². The number of rotatable bonds is 4. The monoisotopic (exact) mass is 236 g/mol. The molecule has 1 aliphatic rings. The van der Waals surface area contributed by atoms with Crippen LogP contribution in [0.4, 0.5) is 0 Å². The summed E-state index contributed by atoms with van der Waals surface area (Å²) in [4.78, 5) is 13.0. The number of nitrogens with zero attached hydrogens (tertiary/aromatic N) is 1. The van der Waals surface area contributed by atoms with Gasteiger partial charge in [-0.1, -0.05) is 6.92 Å². The molecule has 1 heterocycles. The minimum Gasteiger partial charge on any atom is -0.508 e. The maximum absolute atomic E-state index is 11.0. The summed E-state index contributed by atoms with van der Waals surface area (Å²) < 4.78 is 5.50. The number of likely N-dealkylation sites (N-methyl/N-ethyl adjacent to an activating group) is 1. The number of hydrogen-bond donors (Lipinski definition) is 2. The van der Waals surface area contributed by atoms with Crippen molar-refractivity contribution in [1.82, 2.24) is 4.90 Å². The summed E-state index contributed by atoms with van der Waals surface area (Å²) in [5, 5.41) is 9.36. The predicted octanol–water partition coefficient (Wildman–Crippen LogP) is 0.633. The first-order valence-electron chi connectivity index (χ1n) is 5.60. The Kier molecular flexibility index (Phi) is 3.19. The minimum atomic E-state index is -0.348. The molecule has 0 saturated carbocycles. The third-order valence-corrected chi connectivity index (χ3v) is 2.96. The molecule has 3 N–H and O–H groups in total. The van der Waals surface area contributed by atoms with Crippen molar-refractivity contribution in [2.75, 3.05) is 19.7 Å². The molecule has 2 rings (SSSR count). The van der Waals surface area contributed by atoms with Crippen molar-refractivity contribution in [2.24, 2.45) is 5.73 Å². The number of phenolic OH excluding ortho intramolecular Hbond substituents is 1. The van der Waals surface area contributed by atoms with Gasteiger partial charge in [-0.15, -0.1) is 0 Å². The van der Waals surface area contributed by atoms with Gasteiger partial charge < -0.3 is 15.6 Å². The van der Waals surface area contributed by atoms with Crippen molar-refractivity contribution in [3.8, 4) is 11.5 Å². The Labute approximate surface area is 99.8 Å². The Balaban J connectivity index is 2.22. The Morgan fingerprint density at radius 1 is 1.65 bits per heavy atom. The van der Waals surface area contributed by atoms with Crippen molar-refractivity contribution >= 4 is 5.91 Å². The van der Waals surface area contributed by atoms with E-state index in [9.17, 15) is 9.90 Å². The van der Waals surface area contributed by atoms with Gasteiger partial charge in [-0.2, -0.15) is 0 Å². The summed E-state index contributed by atoms with van der Waals surface area (Å²) in [5.74, 6) is 0.513. The van der Waals surface area contributed by atoms with Gasteiger partial charge in [-0.05, 0) is 18.7 Å². The first kappa shape index (κ1) is 11.7. The Morgan fingerprint density at radius 3 is 3.06 bits per heavy atom. The van der Waals surface area contributed by atoms with Crippen molar-refractivity contribution in [3.63, 3.8) is 0 Å². The lowest BCUT2D eigenvalue weighted by Gasteiger charge is -2.24. The average molecular weight is 236 g/mol. The molecule has 5 heteroatoms. The number of hydrogen-bond acceptors (Lipinski definition) is 4. The number of carbonyl (C=O) groups is 1. The summed E-state index contributed by atoms with van der Waals surface area (Å²) in [6, 6.07) is 5.07. The maximum atomic E-state index is 11.0. The summed E-state index contributed by atoms with van der Waals surface area (Å²) in [6.45, 7) is 3.39. The molecule has 5 nitrogen and oxygen atoms in total. The second kappa shape index (κ2) is 4.63. The van der Waals surface area contributed by atoms with Crippen LogP contribution in [0.5, 0.6) is 11.5 Å². The van der Waals surface area contributed by atoms with Crippen LogP contribution in [0.25, 0.3) is 0 Å². The number of carbonyl (C=O) groups excluding carboxylic acids is 1. The lowest BCUT2D eigenvalue weighted by molar-refractivity contribution is -0.119. The van der Waals surface area contributed by atoms with Crippen LogP contribution in [0.3, 0.4) is 0 Å². The van der Waals surface area contributed by atoms with Crippen LogP contribution in [-0.2, 0) is 4.79 Å². The number of primary amides is 1. The standard InChI is InChI=1S/C12H16N2O3/c1-2-14(6-12(13)16)10-7-17-11-5-8(15)3-4-9(10)11/h3-5,10,15H,2,6-7H2,1H3,(H2,13,16). The lowest BCUT2D eigenvalue weighted by atomic mass is 10.1. The molecule has 1 aliphatic heterocycles. The topological polar surface area (TPSA) is 75.8 Å². The van der Waals surface area contributed by atoms with E-state index in [4.69, 9.17) is 10.5 Å². The van der Waals surface area contributed by atoms with Crippen molar-refractivity contribution in [3.05, 3.63) is 23.8 Å². The van der Waals surface area contributed by atoms with Crippen LogP contribution in [0, 0.1) is 0 Å². The molecule has 17 heavy (non-hydrogen) atoms. The molecule has 0 aliphatic carbocycles. The first-order chi connectivity index (χ1) is 8.11. The molecular weight excluding hydrogens is 220 g/mol. The summed E-state index contributed by atoms with van der Waals surface area (Å²) in [5.41, 5.74) is 6.21. The van der Waals surface area contributed by atoms with Crippen LogP contribution in [0.2, 0.25) is 0 Å². The first-order valence-corrected chi connectivity index (χ1v) is 5.60. The van der Waals surface area contributed by atoms with Gasteiger partial charge in [0.25, 0.3) is 0 Å². The van der Waals surface area contributed by atoms with Crippen LogP contribution < -0.4 is 10.5 Å². The Hall–Kier alpha value is -1.75. The molecule has 0 bridgehead atoms. The molecule has 1 aromatic rings. The van der Waals surface area contributed by atoms with Crippen LogP contribution in [0.1, 0.15) is 18.5 Å². The lowest BCUT2D eigenvalue weighted by Crippen LogP contribution is -2.37. The van der Waals surface area contributed by atoms with E-state index >= 15 is 0 Å². The van der Waals surface area contributed by atoms with E-state index in [2.05, 4.69) is 0 Å². The highest BCUT2D eigenvalue weighted by Crippen LogP contribution is 2.37. The van der Waals surface area contributed by atoms with Gasteiger partial charge >= 0.3 is 0 Å². The average Bonchev–Trinajstić information content (AvgIpc) is 2.68. The second-order valence-electron chi connectivity index (χ2n) is 4.08. The third-order valence-electron chi connectivity index (χ3n) is 2.96. The van der Waals surface area contributed by atoms with Gasteiger partial charge in [0.15, 0.2) is 0 Å². The number of nitrogens with two attached hydrogens (primary N) is 1. The molecule has 0 saturated heterocycles. The zero-order valence-electron chi connectivity index (χ0n) is 9.72. The normalized spacial score (nSPS) is 17.9. The molecule has 0 spiro atoms. The quantitative estimate of drug-likeness (QED) is 0.804. The van der Waals surface area contributed by atoms with E-state index in [0.29, 0.717) is 12.4 Å². The Morgan fingerprint density at radius 2 is 2.41 bits per heavy atom. The maximum Gasteiger partial charge on any atom is 0.231 e. The molecule has 0 aromatic heterocycles. The molecule has 92 valence electrons. The molecule has 1 atom stereocenters. The fourth-order valence-corrected chi connectivity index (χ4v) is 2.13. The summed E-state index contributed by atoms with van der Waals surface area (Å²) in [6.07, 6.45) is 0. The van der Waals surface area contributed by atoms with Crippen molar-refractivity contribution < 1.29 is 14.6 Å². The summed E-state index contributed by atoms with van der Waals surface area (Å²) >= 11 is 0. The van der Waals surface area contributed by atoms with Gasteiger partial charge in [0.2, 0.25) is 5.91 Å². The SMILES string of the molecule is CCN(CC(N)=O)C1COc2cc(O)ccc21. The fourth-order valence-electron chi connectivity index (χ4n) is 2.13. The number of benzene rings is 1. The highest BCUT2D eigenvalue weighted by Gasteiger charge is 2.29. The smallest absolute Gasteiger partial charge is 0.231 e. The van der Waals surface area contributed by atoms with Gasteiger partial charge in [0, 0.05) is 11.6 Å². The zero-order valence-corrected chi connectivity index (χ0v) is 9.72. The predicted molar refractivity (Wildman–Crippen MR) is 62.8 cm³/mol. The number of aromatic hydroxyl groups is 1. The molecule has 1 amide bonds. The number of phenols is 1. The highest BCUT2D eigenvalue weighted by atomic mass is 16.5. The molecule has 1 aromatic carbocycles. The van der Waals surface area contributed by atoms with Gasteiger partial charge in [0.1, 0.15) is 18.1 Å². The number of fused-ring (bicyclic) bond motifs is 1. The van der Waals surface area contributed by atoms with E-state index in [1.165, 1.54) is 0 Å². The Bertz CT molecular complexity index is 434. The van der Waals surface area contributed by atoms with Gasteiger partial charge in [-0.3, -0.25) is 9.69 Å². The molecule has 1 unspecified atom stereocenters. The van der Waals surface area contributed by atoms with E-state index < -0.39 is 0 Å². The van der Waals surface area contributed by atoms with E-state index in [1.807, 2.05) is 17.9 Å². The molecule has 0 radical (unpaired) electrons. The van der Waals surface area contributed by atoms with Crippen LogP contribution >= 0.6 is 0 Å². The zero-order chi connectivity index (χ0) is 12.4. The van der Waals surface area contributed by atoms with E-state index in [-0.39, 0.29) is 24.2 Å². The highest BCUT2D eigenvalue weighted by molar-refractivity contribution is 5.76. The van der Waals surface area contributed by atoms with Gasteiger partial charge in [-0.25, -0.2) is 0 Å². The fraction of sp³-hybridized carbons (Fsp3) is 0.417. The summed E-state index contributed by atoms with van der Waals surface area (Å²) in [7, 11) is 0. The minimum absolute atomic E-state index is 0.0306. The van der Waals surface area contributed by atoms with E-state index in [1.54, 1.807) is 12.1 Å². The molecule has 0 fully saturated rings. The number of ether oxygens (including phenoxy) is 1. The van der Waals surface area contributed by atoms with Crippen LogP contribution in [0.15, 0.2) is 18.2 Å². The largest absolute Gasteiger partial charge is 0.508 e. The molecular formula is C12H16N2O3. The van der Waals surface area contributed by atoms with Gasteiger partial charge in [0.05, 0.1) is 12.6 Å². The number of amides is 1. The van der Waals surface area contributed by atoms with E-state index in [0.717, 1.165) is 12.1 Å².